The lowest BCUT2D eigenvalue weighted by Gasteiger charge is -2.17. The number of hydrogen-bond donors (Lipinski definition) is 1. The third-order valence-corrected chi connectivity index (χ3v) is 3.26. The molecule has 2 aromatic rings. The molecule has 2 rings (SSSR count). The molecule has 1 N–H and O–H groups in total. The highest BCUT2D eigenvalue weighted by Gasteiger charge is 2.11. The second-order valence-corrected chi connectivity index (χ2v) is 4.56. The molecule has 0 fully saturated rings. The number of aromatic nitrogens is 2. The molecule has 0 saturated carbocycles. The lowest BCUT2D eigenvalue weighted by molar-refractivity contribution is 0.404. The molecule has 0 amide bonds. The van der Waals surface area contributed by atoms with Crippen molar-refractivity contribution >= 4 is 5.69 Å². The van der Waals surface area contributed by atoms with E-state index >= 15 is 0 Å². The fourth-order valence-electron chi connectivity index (χ4n) is 2.02. The van der Waals surface area contributed by atoms with Crippen LogP contribution >= 0.6 is 0 Å². The highest BCUT2D eigenvalue weighted by molar-refractivity contribution is 5.60. The van der Waals surface area contributed by atoms with Gasteiger partial charge in [0.25, 0.3) is 0 Å². The van der Waals surface area contributed by atoms with E-state index in [1.54, 1.807) is 14.2 Å². The van der Waals surface area contributed by atoms with Crippen molar-refractivity contribution in [2.75, 3.05) is 19.5 Å². The van der Waals surface area contributed by atoms with Gasteiger partial charge in [0, 0.05) is 24.4 Å². The molecule has 5 heteroatoms. The molecule has 1 atom stereocenters. The van der Waals surface area contributed by atoms with Gasteiger partial charge in [-0.2, -0.15) is 5.10 Å². The van der Waals surface area contributed by atoms with Crippen molar-refractivity contribution < 1.29 is 9.47 Å². The first-order valence-corrected chi connectivity index (χ1v) is 6.68. The third-order valence-electron chi connectivity index (χ3n) is 3.26. The molecule has 108 valence electrons. The van der Waals surface area contributed by atoms with Crippen molar-refractivity contribution in [1.29, 1.82) is 0 Å². The minimum Gasteiger partial charge on any atom is -0.497 e. The van der Waals surface area contributed by atoms with Gasteiger partial charge in [-0.1, -0.05) is 0 Å². The molecule has 1 aromatic heterocycles. The molecule has 1 heterocycles. The van der Waals surface area contributed by atoms with Crippen LogP contribution in [0.5, 0.6) is 11.5 Å². The smallest absolute Gasteiger partial charge is 0.142 e. The van der Waals surface area contributed by atoms with E-state index in [0.29, 0.717) is 0 Å². The normalized spacial score (nSPS) is 12.0. The Hall–Kier alpha value is -2.17. The first-order valence-electron chi connectivity index (χ1n) is 6.68. The summed E-state index contributed by atoms with van der Waals surface area (Å²) in [5.74, 6) is 1.59. The molecule has 1 unspecified atom stereocenters. The monoisotopic (exact) mass is 275 g/mol. The quantitative estimate of drug-likeness (QED) is 0.880. The maximum Gasteiger partial charge on any atom is 0.142 e. The number of nitrogens with one attached hydrogen (secondary N) is 1. The second kappa shape index (κ2) is 6.32. The lowest BCUT2D eigenvalue weighted by atomic mass is 10.1. The average Bonchev–Trinajstić information content (AvgIpc) is 2.96. The standard InChI is InChI=1S/C15H21N3O2/c1-5-18-10-12(9-16-18)11(2)17-14-8-13(19-3)6-7-15(14)20-4/h6-11,17H,5H2,1-4H3. The number of anilines is 1. The first kappa shape index (κ1) is 14.2. The van der Waals surface area contributed by atoms with Crippen molar-refractivity contribution in [3.63, 3.8) is 0 Å². The van der Waals surface area contributed by atoms with Gasteiger partial charge >= 0.3 is 0 Å². The SMILES string of the molecule is CCn1cc(C(C)Nc2cc(OC)ccc2OC)cn1. The van der Waals surface area contributed by atoms with E-state index in [1.807, 2.05) is 35.3 Å². The topological polar surface area (TPSA) is 48.3 Å². The number of benzene rings is 1. The predicted molar refractivity (Wildman–Crippen MR) is 79.5 cm³/mol. The molecular weight excluding hydrogens is 254 g/mol. The summed E-state index contributed by atoms with van der Waals surface area (Å²) >= 11 is 0. The van der Waals surface area contributed by atoms with Crippen molar-refractivity contribution in [3.05, 3.63) is 36.2 Å². The summed E-state index contributed by atoms with van der Waals surface area (Å²) in [5.41, 5.74) is 2.04. The van der Waals surface area contributed by atoms with Gasteiger partial charge in [-0.05, 0) is 26.0 Å². The number of methoxy groups -OCH3 is 2. The Morgan fingerprint density at radius 3 is 2.70 bits per heavy atom. The zero-order valence-electron chi connectivity index (χ0n) is 12.4. The van der Waals surface area contributed by atoms with Gasteiger partial charge in [0.15, 0.2) is 0 Å². The van der Waals surface area contributed by atoms with Crippen LogP contribution in [0.15, 0.2) is 30.6 Å². The predicted octanol–water partition coefficient (Wildman–Crippen LogP) is 3.09. The highest BCUT2D eigenvalue weighted by atomic mass is 16.5. The molecular formula is C15H21N3O2. The summed E-state index contributed by atoms with van der Waals surface area (Å²) in [7, 11) is 3.31. The Morgan fingerprint density at radius 2 is 2.10 bits per heavy atom. The lowest BCUT2D eigenvalue weighted by Crippen LogP contribution is -2.07. The van der Waals surface area contributed by atoms with Crippen molar-refractivity contribution in [3.8, 4) is 11.5 Å². The summed E-state index contributed by atoms with van der Waals surface area (Å²) in [6.07, 6.45) is 3.93. The Balaban J connectivity index is 2.19. The fourth-order valence-corrected chi connectivity index (χ4v) is 2.02. The van der Waals surface area contributed by atoms with E-state index in [0.717, 1.165) is 29.3 Å². The number of hydrogen-bond acceptors (Lipinski definition) is 4. The van der Waals surface area contributed by atoms with Crippen LogP contribution in [0.2, 0.25) is 0 Å². The van der Waals surface area contributed by atoms with Crippen LogP contribution in [-0.2, 0) is 6.54 Å². The van der Waals surface area contributed by atoms with E-state index in [2.05, 4.69) is 24.3 Å². The number of aryl methyl sites for hydroxylation is 1. The molecule has 5 nitrogen and oxygen atoms in total. The molecule has 1 aromatic carbocycles. The molecule has 0 aliphatic heterocycles. The molecule has 0 aliphatic rings. The average molecular weight is 275 g/mol. The van der Waals surface area contributed by atoms with Gasteiger partial charge in [0.1, 0.15) is 11.5 Å². The maximum atomic E-state index is 5.37. The van der Waals surface area contributed by atoms with Gasteiger partial charge < -0.3 is 14.8 Å². The maximum absolute atomic E-state index is 5.37. The summed E-state index contributed by atoms with van der Waals surface area (Å²) < 4.78 is 12.5. The third kappa shape index (κ3) is 3.04. The number of rotatable bonds is 6. The Morgan fingerprint density at radius 1 is 1.30 bits per heavy atom. The second-order valence-electron chi connectivity index (χ2n) is 4.56. The van der Waals surface area contributed by atoms with Crippen LogP contribution in [0.3, 0.4) is 0 Å². The zero-order chi connectivity index (χ0) is 14.5. The van der Waals surface area contributed by atoms with Crippen molar-refractivity contribution in [2.45, 2.75) is 26.4 Å². The summed E-state index contributed by atoms with van der Waals surface area (Å²) in [6, 6.07) is 5.84. The van der Waals surface area contributed by atoms with Crippen LogP contribution in [0.1, 0.15) is 25.5 Å². The molecule has 0 radical (unpaired) electrons. The van der Waals surface area contributed by atoms with E-state index in [-0.39, 0.29) is 6.04 Å². The van der Waals surface area contributed by atoms with E-state index in [4.69, 9.17) is 9.47 Å². The van der Waals surface area contributed by atoms with Gasteiger partial charge in [-0.3, -0.25) is 4.68 Å². The summed E-state index contributed by atoms with van der Waals surface area (Å²) in [5, 5.41) is 7.73. The summed E-state index contributed by atoms with van der Waals surface area (Å²) in [6.45, 7) is 5.03. The molecule has 0 spiro atoms. The largest absolute Gasteiger partial charge is 0.497 e. The van der Waals surface area contributed by atoms with Crippen LogP contribution in [-0.4, -0.2) is 24.0 Å². The first-order chi connectivity index (χ1) is 9.67. The van der Waals surface area contributed by atoms with Crippen LogP contribution in [0.25, 0.3) is 0 Å². The van der Waals surface area contributed by atoms with E-state index in [9.17, 15) is 0 Å². The zero-order valence-corrected chi connectivity index (χ0v) is 12.4. The molecule has 0 saturated heterocycles. The molecule has 0 bridgehead atoms. The Bertz CT molecular complexity index is 566. The molecule has 0 aliphatic carbocycles. The molecule has 20 heavy (non-hydrogen) atoms. The van der Waals surface area contributed by atoms with E-state index < -0.39 is 0 Å². The summed E-state index contributed by atoms with van der Waals surface area (Å²) in [4.78, 5) is 0. The number of ether oxygens (including phenoxy) is 2. The Kier molecular flexibility index (Phi) is 4.50. The highest BCUT2D eigenvalue weighted by Crippen LogP contribution is 2.31. The van der Waals surface area contributed by atoms with Crippen molar-refractivity contribution in [2.24, 2.45) is 0 Å². The van der Waals surface area contributed by atoms with Crippen LogP contribution in [0, 0.1) is 0 Å². The van der Waals surface area contributed by atoms with Crippen LogP contribution in [0.4, 0.5) is 5.69 Å². The van der Waals surface area contributed by atoms with E-state index in [1.165, 1.54) is 0 Å². The Labute approximate surface area is 119 Å². The van der Waals surface area contributed by atoms with Gasteiger partial charge in [-0.25, -0.2) is 0 Å². The van der Waals surface area contributed by atoms with Crippen molar-refractivity contribution in [1.82, 2.24) is 9.78 Å². The van der Waals surface area contributed by atoms with Crippen LogP contribution < -0.4 is 14.8 Å². The fraction of sp³-hybridized carbons (Fsp3) is 0.400. The minimum atomic E-state index is 0.135. The minimum absolute atomic E-state index is 0.135. The van der Waals surface area contributed by atoms with Gasteiger partial charge in [0.2, 0.25) is 0 Å². The number of nitrogens with zero attached hydrogens (tertiary/aromatic N) is 2. The van der Waals surface area contributed by atoms with Gasteiger partial charge in [-0.15, -0.1) is 0 Å². The van der Waals surface area contributed by atoms with Gasteiger partial charge in [0.05, 0.1) is 32.1 Å².